The van der Waals surface area contributed by atoms with E-state index in [-0.39, 0.29) is 11.3 Å². The van der Waals surface area contributed by atoms with Gasteiger partial charge in [-0.15, -0.1) is 0 Å². The quantitative estimate of drug-likeness (QED) is 0.779. The second-order valence-electron chi connectivity index (χ2n) is 7.51. The monoisotopic (exact) mass is 336 g/mol. The van der Waals surface area contributed by atoms with Crippen LogP contribution in [0.25, 0.3) is 0 Å². The van der Waals surface area contributed by atoms with Crippen LogP contribution in [0.1, 0.15) is 50.5 Å². The zero-order chi connectivity index (χ0) is 14.5. The number of amides is 1. The average molecular weight is 337 g/mol. The number of likely N-dealkylation sites (tertiary alicyclic amines) is 1. The second-order valence-corrected chi connectivity index (χ2v) is 8.42. The first-order valence-electron chi connectivity index (χ1n) is 7.21. The predicted octanol–water partition coefficient (Wildman–Crippen LogP) is 3.88. The van der Waals surface area contributed by atoms with E-state index in [2.05, 4.69) is 46.6 Å². The summed E-state index contributed by atoms with van der Waals surface area (Å²) in [5.41, 5.74) is 1.17. The molecule has 2 atom stereocenters. The first-order valence-corrected chi connectivity index (χ1v) is 8.00. The van der Waals surface area contributed by atoms with Gasteiger partial charge < -0.3 is 4.90 Å². The largest absolute Gasteiger partial charge is 0.334 e. The zero-order valence-corrected chi connectivity index (χ0v) is 13.9. The number of fused-ring (bicyclic) bond motifs is 2. The number of hydrogen-bond acceptors (Lipinski definition) is 2. The Morgan fingerprint density at radius 2 is 2.10 bits per heavy atom. The normalized spacial score (nSPS) is 31.4. The maximum absolute atomic E-state index is 12.7. The molecule has 2 bridgehead atoms. The third-order valence-electron chi connectivity index (χ3n) is 4.62. The Kier molecular flexibility index (Phi) is 3.20. The Morgan fingerprint density at radius 1 is 1.35 bits per heavy atom. The number of hydrogen-bond donors (Lipinski definition) is 0. The van der Waals surface area contributed by atoms with Crippen molar-refractivity contribution in [3.8, 4) is 0 Å². The van der Waals surface area contributed by atoms with Crippen LogP contribution >= 0.6 is 15.9 Å². The maximum Gasteiger partial charge on any atom is 0.272 e. The summed E-state index contributed by atoms with van der Waals surface area (Å²) in [5.74, 6) is 0.0870. The number of aromatic nitrogens is 1. The molecule has 1 aliphatic heterocycles. The summed E-state index contributed by atoms with van der Waals surface area (Å²) in [7, 11) is 0. The maximum atomic E-state index is 12.7. The van der Waals surface area contributed by atoms with Gasteiger partial charge in [0, 0.05) is 23.3 Å². The van der Waals surface area contributed by atoms with Crippen LogP contribution in [0, 0.1) is 10.8 Å². The predicted molar refractivity (Wildman–Crippen MR) is 82.5 cm³/mol. The highest BCUT2D eigenvalue weighted by Crippen LogP contribution is 2.52. The van der Waals surface area contributed by atoms with E-state index in [0.717, 1.165) is 23.9 Å². The van der Waals surface area contributed by atoms with Gasteiger partial charge in [0.25, 0.3) is 5.91 Å². The molecule has 3 nitrogen and oxygen atoms in total. The first kappa shape index (κ1) is 14.1. The third-order valence-corrected chi connectivity index (χ3v) is 5.09. The van der Waals surface area contributed by atoms with Crippen molar-refractivity contribution in [2.45, 2.75) is 46.1 Å². The van der Waals surface area contributed by atoms with Crippen LogP contribution in [-0.2, 0) is 0 Å². The van der Waals surface area contributed by atoms with Crippen molar-refractivity contribution in [2.24, 2.45) is 10.8 Å². The van der Waals surface area contributed by atoms with Crippen LogP contribution in [0.3, 0.4) is 0 Å². The molecule has 0 spiro atoms. The minimum atomic E-state index is 0.0870. The lowest BCUT2D eigenvalue weighted by Gasteiger charge is -2.39. The summed E-state index contributed by atoms with van der Waals surface area (Å²) in [6.45, 7) is 7.84. The molecular weight excluding hydrogens is 316 g/mol. The number of pyridine rings is 1. The summed E-state index contributed by atoms with van der Waals surface area (Å²) in [6.07, 6.45) is 5.14. The summed E-state index contributed by atoms with van der Waals surface area (Å²) in [4.78, 5) is 19.0. The molecule has 0 aromatic carbocycles. The number of carbonyl (C=O) groups is 1. The van der Waals surface area contributed by atoms with Crippen molar-refractivity contribution in [1.82, 2.24) is 9.88 Å². The lowest BCUT2D eigenvalue weighted by Crippen LogP contribution is -2.38. The highest BCUT2D eigenvalue weighted by molar-refractivity contribution is 9.10. The summed E-state index contributed by atoms with van der Waals surface area (Å²) in [5, 5.41) is 0. The van der Waals surface area contributed by atoms with Crippen LogP contribution in [0.4, 0.5) is 0 Å². The fourth-order valence-electron chi connectivity index (χ4n) is 4.35. The summed E-state index contributed by atoms with van der Waals surface area (Å²) < 4.78 is 0.905. The van der Waals surface area contributed by atoms with E-state index in [4.69, 9.17) is 0 Å². The fraction of sp³-hybridized carbons (Fsp3) is 0.625. The molecule has 1 saturated heterocycles. The van der Waals surface area contributed by atoms with Gasteiger partial charge in [0.15, 0.2) is 0 Å². The van der Waals surface area contributed by atoms with Crippen molar-refractivity contribution in [3.63, 3.8) is 0 Å². The molecule has 2 aliphatic rings. The Hall–Kier alpha value is -0.900. The van der Waals surface area contributed by atoms with Crippen LogP contribution in [0.5, 0.6) is 0 Å². The lowest BCUT2D eigenvalue weighted by atomic mass is 9.65. The Morgan fingerprint density at radius 3 is 2.75 bits per heavy atom. The fourth-order valence-corrected chi connectivity index (χ4v) is 4.58. The van der Waals surface area contributed by atoms with Crippen molar-refractivity contribution < 1.29 is 4.79 Å². The van der Waals surface area contributed by atoms with Crippen LogP contribution in [0.2, 0.25) is 0 Å². The van der Waals surface area contributed by atoms with Gasteiger partial charge in [-0.2, -0.15) is 0 Å². The van der Waals surface area contributed by atoms with E-state index in [9.17, 15) is 4.79 Å². The van der Waals surface area contributed by atoms with Gasteiger partial charge in [0.1, 0.15) is 5.69 Å². The van der Waals surface area contributed by atoms with Crippen molar-refractivity contribution >= 4 is 21.8 Å². The average Bonchev–Trinajstić information content (AvgIpc) is 2.58. The van der Waals surface area contributed by atoms with E-state index in [1.807, 2.05) is 12.1 Å². The molecule has 4 heteroatoms. The standard InChI is InChI=1S/C16H21BrN2O/c1-15(2)6-12-7-16(3,9-15)10-19(12)14(20)13-5-4-11(17)8-18-13/h4-5,8,12H,6-7,9-10H2,1-3H3. The zero-order valence-electron chi connectivity index (χ0n) is 12.3. The van der Waals surface area contributed by atoms with Crippen molar-refractivity contribution in [3.05, 3.63) is 28.5 Å². The van der Waals surface area contributed by atoms with Gasteiger partial charge in [-0.1, -0.05) is 20.8 Å². The van der Waals surface area contributed by atoms with Crippen molar-refractivity contribution in [2.75, 3.05) is 6.54 Å². The Labute approximate surface area is 128 Å². The molecule has 108 valence electrons. The van der Waals surface area contributed by atoms with Crippen LogP contribution < -0.4 is 0 Å². The van der Waals surface area contributed by atoms with Gasteiger partial charge in [-0.3, -0.25) is 4.79 Å². The van der Waals surface area contributed by atoms with Crippen molar-refractivity contribution in [1.29, 1.82) is 0 Å². The van der Waals surface area contributed by atoms with Gasteiger partial charge in [-0.25, -0.2) is 4.98 Å². The molecular formula is C16H21BrN2O. The van der Waals surface area contributed by atoms with Gasteiger partial charge in [0.2, 0.25) is 0 Å². The molecule has 1 aliphatic carbocycles. The lowest BCUT2D eigenvalue weighted by molar-refractivity contribution is 0.0702. The number of rotatable bonds is 1. The highest BCUT2D eigenvalue weighted by atomic mass is 79.9. The van der Waals surface area contributed by atoms with E-state index in [0.29, 0.717) is 17.2 Å². The first-order chi connectivity index (χ1) is 9.28. The molecule has 0 N–H and O–H groups in total. The molecule has 2 heterocycles. The molecule has 20 heavy (non-hydrogen) atoms. The molecule has 1 aromatic heterocycles. The topological polar surface area (TPSA) is 33.2 Å². The molecule has 2 unspecified atom stereocenters. The molecule has 1 aromatic rings. The smallest absolute Gasteiger partial charge is 0.272 e. The number of nitrogens with zero attached hydrogens (tertiary/aromatic N) is 2. The second kappa shape index (κ2) is 4.55. The Balaban J connectivity index is 1.85. The van der Waals surface area contributed by atoms with Crippen LogP contribution in [-0.4, -0.2) is 28.4 Å². The van der Waals surface area contributed by atoms with E-state index in [1.54, 1.807) is 6.20 Å². The van der Waals surface area contributed by atoms with Crippen LogP contribution in [0.15, 0.2) is 22.8 Å². The van der Waals surface area contributed by atoms with E-state index < -0.39 is 0 Å². The molecule has 0 radical (unpaired) electrons. The number of carbonyl (C=O) groups excluding carboxylic acids is 1. The van der Waals surface area contributed by atoms with E-state index >= 15 is 0 Å². The number of halogens is 1. The summed E-state index contributed by atoms with van der Waals surface area (Å²) >= 11 is 3.36. The highest BCUT2D eigenvalue weighted by Gasteiger charge is 2.51. The molecule has 2 fully saturated rings. The molecule has 1 saturated carbocycles. The van der Waals surface area contributed by atoms with Gasteiger partial charge in [0.05, 0.1) is 0 Å². The Bertz CT molecular complexity index is 540. The minimum absolute atomic E-state index is 0.0870. The summed E-state index contributed by atoms with van der Waals surface area (Å²) in [6, 6.07) is 4.07. The van der Waals surface area contributed by atoms with Gasteiger partial charge >= 0.3 is 0 Å². The van der Waals surface area contributed by atoms with E-state index in [1.165, 1.54) is 6.42 Å². The molecule has 1 amide bonds. The minimum Gasteiger partial charge on any atom is -0.334 e. The SMILES string of the molecule is CC1(C)CC2CC(C)(CN2C(=O)c2ccc(Br)cn2)C1. The molecule has 3 rings (SSSR count). The third kappa shape index (κ3) is 2.50. The van der Waals surface area contributed by atoms with Gasteiger partial charge in [-0.05, 0) is 58.2 Å².